The first-order valence-corrected chi connectivity index (χ1v) is 11.8. The van der Waals surface area contributed by atoms with Gasteiger partial charge in [0.2, 0.25) is 5.91 Å². The van der Waals surface area contributed by atoms with E-state index in [4.69, 9.17) is 37.5 Å². The Morgan fingerprint density at radius 2 is 1.89 bits per heavy atom. The van der Waals surface area contributed by atoms with Crippen molar-refractivity contribution in [2.45, 2.75) is 0 Å². The number of carboxylic acids is 1. The average Bonchev–Trinajstić information content (AvgIpc) is 3.39. The number of imide groups is 1. The number of carbonyl (C=O) groups is 4. The van der Waals surface area contributed by atoms with Crippen molar-refractivity contribution in [2.24, 2.45) is 0 Å². The molecule has 3 amide bonds. The van der Waals surface area contributed by atoms with Crippen LogP contribution in [-0.4, -0.2) is 46.7 Å². The standard InChI is InChI=1S/C24H16Cl2N2O7S/c1-34-19-6-3-13(9-17(19)26)27-21(29)11-28-22(30)20(36-24(28)33)10-14-4-7-18(35-14)12-2-5-15(23(31)32)16(25)8-12/h2-10H,11H2,1H3,(H,27,29)(H,31,32)/b20-10-. The Bertz CT molecular complexity index is 1430. The smallest absolute Gasteiger partial charge is 0.337 e. The number of carbonyl (C=O) groups excluding carboxylic acids is 3. The summed E-state index contributed by atoms with van der Waals surface area (Å²) in [4.78, 5) is 49.6. The number of aromatic carboxylic acids is 1. The van der Waals surface area contributed by atoms with Crippen molar-refractivity contribution >= 4 is 69.8 Å². The van der Waals surface area contributed by atoms with E-state index in [1.54, 1.807) is 30.3 Å². The summed E-state index contributed by atoms with van der Waals surface area (Å²) in [7, 11) is 1.46. The van der Waals surface area contributed by atoms with Crippen LogP contribution in [0.25, 0.3) is 17.4 Å². The molecule has 3 aromatic rings. The molecule has 1 aromatic heterocycles. The summed E-state index contributed by atoms with van der Waals surface area (Å²) in [6.07, 6.45) is 1.39. The number of amides is 3. The fourth-order valence-corrected chi connectivity index (χ4v) is 4.62. The molecule has 0 aliphatic carbocycles. The molecule has 1 aliphatic rings. The zero-order valence-electron chi connectivity index (χ0n) is 18.4. The lowest BCUT2D eigenvalue weighted by Crippen LogP contribution is -2.36. The molecule has 0 radical (unpaired) electrons. The first-order chi connectivity index (χ1) is 17.2. The molecule has 0 saturated carbocycles. The van der Waals surface area contributed by atoms with Crippen molar-refractivity contribution in [3.63, 3.8) is 0 Å². The van der Waals surface area contributed by atoms with Crippen LogP contribution in [0, 0.1) is 0 Å². The van der Waals surface area contributed by atoms with Crippen molar-refractivity contribution in [3.05, 3.63) is 74.8 Å². The normalized spacial score (nSPS) is 14.4. The van der Waals surface area contributed by atoms with E-state index in [1.165, 1.54) is 31.4 Å². The molecular weight excluding hydrogens is 531 g/mol. The fourth-order valence-electron chi connectivity index (χ4n) is 3.28. The van der Waals surface area contributed by atoms with Crippen LogP contribution in [0.15, 0.2) is 57.9 Å². The molecule has 1 fully saturated rings. The second kappa shape index (κ2) is 10.5. The van der Waals surface area contributed by atoms with Crippen LogP contribution >= 0.6 is 35.0 Å². The van der Waals surface area contributed by atoms with E-state index in [0.717, 1.165) is 4.90 Å². The second-order valence-electron chi connectivity index (χ2n) is 7.37. The number of carboxylic acid groups (broad SMARTS) is 1. The first-order valence-electron chi connectivity index (χ1n) is 10.2. The predicted octanol–water partition coefficient (Wildman–Crippen LogP) is 5.64. The van der Waals surface area contributed by atoms with Gasteiger partial charge in [0, 0.05) is 17.3 Å². The molecular formula is C24H16Cl2N2O7S. The first kappa shape index (κ1) is 25.4. The number of rotatable bonds is 7. The molecule has 0 atom stereocenters. The van der Waals surface area contributed by atoms with Crippen LogP contribution in [0.2, 0.25) is 10.0 Å². The molecule has 1 saturated heterocycles. The van der Waals surface area contributed by atoms with Crippen molar-refractivity contribution in [3.8, 4) is 17.1 Å². The zero-order valence-corrected chi connectivity index (χ0v) is 20.7. The van der Waals surface area contributed by atoms with Crippen molar-refractivity contribution in [2.75, 3.05) is 19.0 Å². The Balaban J connectivity index is 1.44. The predicted molar refractivity (Wildman–Crippen MR) is 135 cm³/mol. The number of hydrogen-bond donors (Lipinski definition) is 2. The Kier molecular flexibility index (Phi) is 7.39. The van der Waals surface area contributed by atoms with Crippen LogP contribution < -0.4 is 10.1 Å². The highest BCUT2D eigenvalue weighted by molar-refractivity contribution is 8.18. The van der Waals surface area contributed by atoms with Crippen molar-refractivity contribution < 1.29 is 33.4 Å². The zero-order chi connectivity index (χ0) is 26.0. The summed E-state index contributed by atoms with van der Waals surface area (Å²) in [6, 6.07) is 12.2. The van der Waals surface area contributed by atoms with Crippen LogP contribution in [0.1, 0.15) is 16.1 Å². The van der Waals surface area contributed by atoms with Gasteiger partial charge < -0.3 is 19.6 Å². The fraction of sp³-hybridized carbons (Fsp3) is 0.0833. The Hall–Kier alpha value is -3.73. The minimum atomic E-state index is -1.15. The van der Waals surface area contributed by atoms with E-state index in [9.17, 15) is 19.2 Å². The Morgan fingerprint density at radius 3 is 2.56 bits per heavy atom. The number of thioether (sulfide) groups is 1. The number of hydrogen-bond acceptors (Lipinski definition) is 7. The highest BCUT2D eigenvalue weighted by atomic mass is 35.5. The van der Waals surface area contributed by atoms with Gasteiger partial charge >= 0.3 is 5.97 Å². The van der Waals surface area contributed by atoms with Gasteiger partial charge in [-0.25, -0.2) is 4.79 Å². The molecule has 2 heterocycles. The van der Waals surface area contributed by atoms with Crippen LogP contribution in [0.3, 0.4) is 0 Å². The molecule has 0 bridgehead atoms. The Labute approximate surface area is 218 Å². The summed E-state index contributed by atoms with van der Waals surface area (Å²) in [5.74, 6) is -1.26. The molecule has 36 heavy (non-hydrogen) atoms. The molecule has 184 valence electrons. The number of nitrogens with zero attached hydrogens (tertiary/aromatic N) is 1. The maximum atomic E-state index is 12.8. The summed E-state index contributed by atoms with van der Waals surface area (Å²) >= 11 is 12.7. The topological polar surface area (TPSA) is 126 Å². The second-order valence-corrected chi connectivity index (χ2v) is 9.17. The van der Waals surface area contributed by atoms with Gasteiger partial charge in [0.05, 0.1) is 27.6 Å². The van der Waals surface area contributed by atoms with Crippen molar-refractivity contribution in [1.29, 1.82) is 0 Å². The molecule has 2 aromatic carbocycles. The molecule has 0 unspecified atom stereocenters. The molecule has 2 N–H and O–H groups in total. The van der Waals surface area contributed by atoms with Gasteiger partial charge in [-0.3, -0.25) is 19.3 Å². The van der Waals surface area contributed by atoms with Gasteiger partial charge in [0.1, 0.15) is 23.8 Å². The minimum Gasteiger partial charge on any atom is -0.495 e. The lowest BCUT2D eigenvalue weighted by Gasteiger charge is -2.13. The molecule has 4 rings (SSSR count). The van der Waals surface area contributed by atoms with Crippen molar-refractivity contribution in [1.82, 2.24) is 4.90 Å². The molecule has 0 spiro atoms. The lowest BCUT2D eigenvalue weighted by molar-refractivity contribution is -0.127. The summed E-state index contributed by atoms with van der Waals surface area (Å²) in [5, 5.41) is 11.4. The van der Waals surface area contributed by atoms with Gasteiger partial charge in [-0.15, -0.1) is 0 Å². The number of benzene rings is 2. The minimum absolute atomic E-state index is 0.0417. The van der Waals surface area contributed by atoms with Gasteiger partial charge in [-0.1, -0.05) is 29.3 Å². The van der Waals surface area contributed by atoms with Crippen LogP contribution in [0.5, 0.6) is 5.75 Å². The summed E-state index contributed by atoms with van der Waals surface area (Å²) in [6.45, 7) is -0.483. The summed E-state index contributed by atoms with van der Waals surface area (Å²) < 4.78 is 10.8. The Morgan fingerprint density at radius 1 is 1.11 bits per heavy atom. The highest BCUT2D eigenvalue weighted by Crippen LogP contribution is 2.34. The molecule has 9 nitrogen and oxygen atoms in total. The number of nitrogens with one attached hydrogen (secondary N) is 1. The summed E-state index contributed by atoms with van der Waals surface area (Å²) in [5.41, 5.74) is 0.876. The van der Waals surface area contributed by atoms with E-state index in [0.29, 0.717) is 39.5 Å². The van der Waals surface area contributed by atoms with E-state index < -0.39 is 29.6 Å². The highest BCUT2D eigenvalue weighted by Gasteiger charge is 2.36. The van der Waals surface area contributed by atoms with Gasteiger partial charge in [0.15, 0.2) is 0 Å². The van der Waals surface area contributed by atoms with E-state index in [1.807, 2.05) is 0 Å². The van der Waals surface area contributed by atoms with Crippen LogP contribution in [-0.2, 0) is 9.59 Å². The third-order valence-corrected chi connectivity index (χ3v) is 6.51. The number of anilines is 1. The molecule has 12 heteroatoms. The maximum Gasteiger partial charge on any atom is 0.337 e. The number of methoxy groups -OCH3 is 1. The van der Waals surface area contributed by atoms with Gasteiger partial charge in [0.25, 0.3) is 11.1 Å². The monoisotopic (exact) mass is 546 g/mol. The lowest BCUT2D eigenvalue weighted by atomic mass is 10.1. The quantitative estimate of drug-likeness (QED) is 0.365. The van der Waals surface area contributed by atoms with Crippen LogP contribution in [0.4, 0.5) is 10.5 Å². The average molecular weight is 547 g/mol. The van der Waals surface area contributed by atoms with E-state index >= 15 is 0 Å². The maximum absolute atomic E-state index is 12.8. The number of furan rings is 1. The molecule has 1 aliphatic heterocycles. The number of ether oxygens (including phenoxy) is 1. The SMILES string of the molecule is COc1ccc(NC(=O)CN2C(=O)S/C(=C\c3ccc(-c4ccc(C(=O)O)c(Cl)c4)o3)C2=O)cc1Cl. The number of halogens is 2. The van der Waals surface area contributed by atoms with E-state index in [2.05, 4.69) is 5.32 Å². The van der Waals surface area contributed by atoms with Gasteiger partial charge in [-0.2, -0.15) is 0 Å². The van der Waals surface area contributed by atoms with Gasteiger partial charge in [-0.05, 0) is 54.2 Å². The third kappa shape index (κ3) is 5.40. The van der Waals surface area contributed by atoms with E-state index in [-0.39, 0.29) is 21.3 Å². The third-order valence-electron chi connectivity index (χ3n) is 5.00. The largest absolute Gasteiger partial charge is 0.495 e.